The largest absolute Gasteiger partial charge is 0.326 e. The third-order valence-electron chi connectivity index (χ3n) is 2.75. The van der Waals surface area contributed by atoms with Gasteiger partial charge < -0.3 is 16.0 Å². The van der Waals surface area contributed by atoms with Crippen molar-refractivity contribution in [1.82, 2.24) is 0 Å². The molecule has 0 saturated carbocycles. The Bertz CT molecular complexity index is 744. The van der Waals surface area contributed by atoms with Crippen LogP contribution in [0.25, 0.3) is 0 Å². The van der Waals surface area contributed by atoms with Gasteiger partial charge in [-0.05, 0) is 42.5 Å². The molecule has 0 spiro atoms. The minimum Gasteiger partial charge on any atom is -0.326 e. The highest BCUT2D eigenvalue weighted by Crippen LogP contribution is 2.14. The van der Waals surface area contributed by atoms with E-state index in [2.05, 4.69) is 16.0 Å². The minimum absolute atomic E-state index is 0.186. The van der Waals surface area contributed by atoms with Crippen molar-refractivity contribution in [1.29, 1.82) is 0 Å². The number of benzene rings is 2. The summed E-state index contributed by atoms with van der Waals surface area (Å²) in [4.78, 5) is 34.4. The van der Waals surface area contributed by atoms with E-state index in [4.69, 9.17) is 0 Å². The van der Waals surface area contributed by atoms with Gasteiger partial charge in [0.2, 0.25) is 5.91 Å². The van der Waals surface area contributed by atoms with E-state index in [0.29, 0.717) is 11.4 Å². The average molecular weight is 315 g/mol. The summed E-state index contributed by atoms with van der Waals surface area (Å²) in [5.74, 6) is -2.53. The van der Waals surface area contributed by atoms with Crippen LogP contribution in [0.4, 0.5) is 21.5 Å². The highest BCUT2D eigenvalue weighted by molar-refractivity contribution is 6.43. The maximum absolute atomic E-state index is 13.0. The lowest BCUT2D eigenvalue weighted by molar-refractivity contribution is -0.133. The number of amides is 3. The maximum atomic E-state index is 13.0. The summed E-state index contributed by atoms with van der Waals surface area (Å²) in [7, 11) is 0. The molecule has 23 heavy (non-hydrogen) atoms. The molecule has 0 radical (unpaired) electrons. The van der Waals surface area contributed by atoms with Crippen LogP contribution in [-0.2, 0) is 14.4 Å². The summed E-state index contributed by atoms with van der Waals surface area (Å²) in [5, 5.41) is 7.27. The molecule has 118 valence electrons. The fraction of sp³-hybridized carbons (Fsp3) is 0.0625. The van der Waals surface area contributed by atoms with Gasteiger partial charge in [0.1, 0.15) is 5.82 Å². The van der Waals surface area contributed by atoms with Crippen molar-refractivity contribution in [2.45, 2.75) is 6.92 Å². The first-order valence-corrected chi connectivity index (χ1v) is 6.69. The number of carbonyl (C=O) groups excluding carboxylic acids is 3. The Balaban J connectivity index is 1.95. The van der Waals surface area contributed by atoms with Gasteiger partial charge in [0.05, 0.1) is 0 Å². The van der Waals surface area contributed by atoms with E-state index in [1.807, 2.05) is 0 Å². The van der Waals surface area contributed by atoms with Gasteiger partial charge >= 0.3 is 11.8 Å². The van der Waals surface area contributed by atoms with Crippen molar-refractivity contribution < 1.29 is 18.8 Å². The third kappa shape index (κ3) is 4.92. The van der Waals surface area contributed by atoms with E-state index in [1.165, 1.54) is 25.1 Å². The second-order valence-corrected chi connectivity index (χ2v) is 4.68. The quantitative estimate of drug-likeness (QED) is 0.760. The summed E-state index contributed by atoms with van der Waals surface area (Å²) < 4.78 is 13.0. The first kappa shape index (κ1) is 16.2. The molecule has 2 rings (SSSR count). The molecule has 6 nitrogen and oxygen atoms in total. The van der Waals surface area contributed by atoms with Crippen LogP contribution in [0.1, 0.15) is 6.92 Å². The summed E-state index contributed by atoms with van der Waals surface area (Å²) >= 11 is 0. The van der Waals surface area contributed by atoms with Gasteiger partial charge in [0, 0.05) is 24.0 Å². The zero-order chi connectivity index (χ0) is 16.8. The van der Waals surface area contributed by atoms with Crippen LogP contribution >= 0.6 is 0 Å². The fourth-order valence-corrected chi connectivity index (χ4v) is 1.78. The Labute approximate surface area is 131 Å². The van der Waals surface area contributed by atoms with Crippen molar-refractivity contribution in [3.8, 4) is 0 Å². The molecule has 0 aliphatic carbocycles. The zero-order valence-electron chi connectivity index (χ0n) is 12.2. The second kappa shape index (κ2) is 7.17. The molecule has 0 aliphatic heterocycles. The Morgan fingerprint density at radius 2 is 1.30 bits per heavy atom. The van der Waals surface area contributed by atoms with E-state index in [9.17, 15) is 18.8 Å². The first-order chi connectivity index (χ1) is 10.9. The Hall–Kier alpha value is -3.22. The van der Waals surface area contributed by atoms with E-state index >= 15 is 0 Å². The number of halogens is 1. The molecule has 0 fully saturated rings. The van der Waals surface area contributed by atoms with Crippen LogP contribution in [0.15, 0.2) is 48.5 Å². The lowest BCUT2D eigenvalue weighted by atomic mass is 10.2. The molecule has 0 bridgehead atoms. The molecule has 0 aliphatic rings. The van der Waals surface area contributed by atoms with Crippen LogP contribution in [0.3, 0.4) is 0 Å². The van der Waals surface area contributed by atoms with Gasteiger partial charge in [-0.25, -0.2) is 4.39 Å². The van der Waals surface area contributed by atoms with E-state index < -0.39 is 17.6 Å². The van der Waals surface area contributed by atoms with Crippen LogP contribution in [0.2, 0.25) is 0 Å². The van der Waals surface area contributed by atoms with Crippen molar-refractivity contribution in [2.75, 3.05) is 16.0 Å². The molecule has 3 N–H and O–H groups in total. The predicted molar refractivity (Wildman–Crippen MR) is 84.4 cm³/mol. The summed E-state index contributed by atoms with van der Waals surface area (Å²) in [6.45, 7) is 1.38. The fourth-order valence-electron chi connectivity index (χ4n) is 1.78. The SMILES string of the molecule is CC(=O)Nc1ccc(NC(=O)C(=O)Nc2cccc(F)c2)cc1. The van der Waals surface area contributed by atoms with Crippen LogP contribution in [0.5, 0.6) is 0 Å². The normalized spacial score (nSPS) is 9.83. The van der Waals surface area contributed by atoms with Gasteiger partial charge in [-0.15, -0.1) is 0 Å². The van der Waals surface area contributed by atoms with Gasteiger partial charge in [-0.2, -0.15) is 0 Å². The number of hydrogen-bond acceptors (Lipinski definition) is 3. The number of rotatable bonds is 3. The van der Waals surface area contributed by atoms with Crippen molar-refractivity contribution >= 4 is 34.8 Å². The molecular formula is C16H14FN3O3. The zero-order valence-corrected chi connectivity index (χ0v) is 12.2. The lowest BCUT2D eigenvalue weighted by Crippen LogP contribution is -2.29. The number of nitrogens with one attached hydrogen (secondary N) is 3. The number of carbonyl (C=O) groups is 3. The minimum atomic E-state index is -0.915. The topological polar surface area (TPSA) is 87.3 Å². The number of hydrogen-bond donors (Lipinski definition) is 3. The molecule has 3 amide bonds. The second-order valence-electron chi connectivity index (χ2n) is 4.68. The maximum Gasteiger partial charge on any atom is 0.314 e. The van der Waals surface area contributed by atoms with Crippen LogP contribution < -0.4 is 16.0 Å². The van der Waals surface area contributed by atoms with Gasteiger partial charge in [0.15, 0.2) is 0 Å². The molecule has 0 atom stereocenters. The van der Waals surface area contributed by atoms with Crippen molar-refractivity contribution in [3.63, 3.8) is 0 Å². The molecule has 7 heteroatoms. The Morgan fingerprint density at radius 1 is 0.783 bits per heavy atom. The van der Waals surface area contributed by atoms with Crippen molar-refractivity contribution in [3.05, 3.63) is 54.3 Å². The molecule has 2 aromatic carbocycles. The Kier molecular flexibility index (Phi) is 5.03. The smallest absolute Gasteiger partial charge is 0.314 e. The van der Waals surface area contributed by atoms with Gasteiger partial charge in [-0.3, -0.25) is 14.4 Å². The molecule has 0 unspecified atom stereocenters. The van der Waals surface area contributed by atoms with E-state index in [0.717, 1.165) is 6.07 Å². The van der Waals surface area contributed by atoms with E-state index in [1.54, 1.807) is 24.3 Å². The molecule has 0 aromatic heterocycles. The number of anilines is 3. The van der Waals surface area contributed by atoms with Gasteiger partial charge in [0.25, 0.3) is 0 Å². The molecule has 0 heterocycles. The first-order valence-electron chi connectivity index (χ1n) is 6.69. The van der Waals surface area contributed by atoms with Gasteiger partial charge in [-0.1, -0.05) is 6.07 Å². The molecular weight excluding hydrogens is 301 g/mol. The van der Waals surface area contributed by atoms with Crippen molar-refractivity contribution in [2.24, 2.45) is 0 Å². The van der Waals surface area contributed by atoms with Crippen LogP contribution in [0, 0.1) is 5.82 Å². The van der Waals surface area contributed by atoms with E-state index in [-0.39, 0.29) is 11.6 Å². The predicted octanol–water partition coefficient (Wildman–Crippen LogP) is 2.36. The summed E-state index contributed by atoms with van der Waals surface area (Å²) in [6.07, 6.45) is 0. The van der Waals surface area contributed by atoms with Crippen LogP contribution in [-0.4, -0.2) is 17.7 Å². The monoisotopic (exact) mass is 315 g/mol. The Morgan fingerprint density at radius 3 is 1.83 bits per heavy atom. The molecule has 2 aromatic rings. The lowest BCUT2D eigenvalue weighted by Gasteiger charge is -2.07. The summed E-state index contributed by atoms with van der Waals surface area (Å²) in [5.41, 5.74) is 1.14. The third-order valence-corrected chi connectivity index (χ3v) is 2.75. The highest BCUT2D eigenvalue weighted by atomic mass is 19.1. The highest BCUT2D eigenvalue weighted by Gasteiger charge is 2.14. The standard InChI is InChI=1S/C16H14FN3O3/c1-10(21)18-12-5-7-13(8-6-12)19-15(22)16(23)20-14-4-2-3-11(17)9-14/h2-9H,1H3,(H,18,21)(H,19,22)(H,20,23). The summed E-state index contributed by atoms with van der Waals surface area (Å²) in [6, 6.07) is 11.5. The molecule has 0 saturated heterocycles. The average Bonchev–Trinajstić information content (AvgIpc) is 2.48.